The summed E-state index contributed by atoms with van der Waals surface area (Å²) in [6.45, 7) is 10.5. The summed E-state index contributed by atoms with van der Waals surface area (Å²) >= 11 is 12.9. The number of pyridine rings is 1. The third-order valence-electron chi connectivity index (χ3n) is 19.1. The molecule has 7 aliphatic rings. The fourth-order valence-electron chi connectivity index (χ4n) is 15.0. The summed E-state index contributed by atoms with van der Waals surface area (Å²) in [5.41, 5.74) is 1.46. The maximum absolute atomic E-state index is 16.6. The molecule has 4 amide bonds. The van der Waals surface area contributed by atoms with Gasteiger partial charge in [0.15, 0.2) is 11.0 Å². The van der Waals surface area contributed by atoms with E-state index in [1.165, 1.54) is 15.3 Å². The lowest BCUT2D eigenvalue weighted by Gasteiger charge is -2.54. The lowest BCUT2D eigenvalue weighted by atomic mass is 9.53. The molecule has 2 aromatic heterocycles. The molecule has 4 N–H and O–H groups in total. The third-order valence-corrected chi connectivity index (χ3v) is 19.6. The molecular weight excluding hydrogens is 1000 g/mol. The first-order valence-electron chi connectivity index (χ1n) is 27.0. The Labute approximate surface area is 446 Å². The molecule has 6 fully saturated rings. The van der Waals surface area contributed by atoms with Gasteiger partial charge in [0, 0.05) is 73.6 Å². The highest BCUT2D eigenvalue weighted by Gasteiger charge is 2.75. The Morgan fingerprint density at radius 1 is 0.867 bits per heavy atom. The number of carboxylic acids is 1. The van der Waals surface area contributed by atoms with Crippen LogP contribution in [-0.2, 0) is 42.4 Å². The van der Waals surface area contributed by atoms with Gasteiger partial charge in [0.2, 0.25) is 23.6 Å². The number of amides is 4. The first-order valence-corrected chi connectivity index (χ1v) is 27.8. The molecule has 19 heteroatoms. The first-order chi connectivity index (χ1) is 35.8. The molecule has 4 atom stereocenters. The van der Waals surface area contributed by atoms with E-state index in [0.717, 1.165) is 108 Å². The highest BCUT2D eigenvalue weighted by molar-refractivity contribution is 6.31. The van der Waals surface area contributed by atoms with Crippen LogP contribution in [0.4, 0.5) is 10.1 Å². The minimum absolute atomic E-state index is 0.0240. The number of aliphatic carboxylic acids is 1. The molecule has 2 aromatic carbocycles. The smallest absolute Gasteiger partial charge is 0.329 e. The van der Waals surface area contributed by atoms with Crippen LogP contribution in [0.3, 0.4) is 0 Å². The zero-order chi connectivity index (χ0) is 52.8. The summed E-state index contributed by atoms with van der Waals surface area (Å²) in [7, 11) is 1.96. The number of likely N-dealkylation sites (N-methyl/N-ethyl adjacent to an activating group) is 1. The van der Waals surface area contributed by atoms with Gasteiger partial charge in [-0.2, -0.15) is 0 Å². The normalized spacial score (nSPS) is 28.4. The molecule has 1 unspecified atom stereocenters. The Morgan fingerprint density at radius 2 is 1.60 bits per heavy atom. The molecule has 7 heterocycles. The van der Waals surface area contributed by atoms with Crippen LogP contribution in [-0.4, -0.2) is 127 Å². The van der Waals surface area contributed by atoms with Gasteiger partial charge in [-0.1, -0.05) is 49.2 Å². The minimum atomic E-state index is -1.32. The van der Waals surface area contributed by atoms with E-state index >= 15 is 14.0 Å². The molecule has 4 aromatic rings. The molecule has 11 rings (SSSR count). The Kier molecular flexibility index (Phi) is 13.6. The Balaban J connectivity index is 0.705. The lowest BCUT2D eigenvalue weighted by molar-refractivity contribution is -0.138. The number of rotatable bonds is 12. The van der Waals surface area contributed by atoms with Crippen LogP contribution in [0.1, 0.15) is 126 Å². The van der Waals surface area contributed by atoms with Gasteiger partial charge in [-0.25, -0.2) is 14.2 Å². The third kappa shape index (κ3) is 8.99. The van der Waals surface area contributed by atoms with Gasteiger partial charge in [0.1, 0.15) is 11.5 Å². The van der Waals surface area contributed by atoms with Crippen LogP contribution in [0.5, 0.6) is 0 Å². The van der Waals surface area contributed by atoms with Gasteiger partial charge in [-0.15, -0.1) is 0 Å². The van der Waals surface area contributed by atoms with Gasteiger partial charge < -0.3 is 25.5 Å². The number of nitrogens with zero attached hydrogens (tertiary/aromatic N) is 6. The van der Waals surface area contributed by atoms with E-state index in [1.54, 1.807) is 18.2 Å². The van der Waals surface area contributed by atoms with E-state index < -0.39 is 52.3 Å². The van der Waals surface area contributed by atoms with E-state index in [-0.39, 0.29) is 65.7 Å². The second kappa shape index (κ2) is 19.7. The van der Waals surface area contributed by atoms with Crippen molar-refractivity contribution in [3.05, 3.63) is 91.8 Å². The number of hydrogen-bond donors (Lipinski definition) is 4. The van der Waals surface area contributed by atoms with Crippen LogP contribution in [0.2, 0.25) is 10.2 Å². The van der Waals surface area contributed by atoms with Gasteiger partial charge in [0.05, 0.1) is 23.5 Å². The van der Waals surface area contributed by atoms with Crippen molar-refractivity contribution in [2.75, 3.05) is 51.6 Å². The number of anilines is 1. The molecule has 0 bridgehead atoms. The van der Waals surface area contributed by atoms with Crippen molar-refractivity contribution in [1.82, 2.24) is 39.5 Å². The van der Waals surface area contributed by atoms with Crippen molar-refractivity contribution in [2.45, 2.75) is 145 Å². The quantitative estimate of drug-likeness (QED) is 0.0841. The van der Waals surface area contributed by atoms with E-state index in [1.807, 2.05) is 31.3 Å². The number of aryl methyl sites for hydroxylation is 1. The molecule has 16 nitrogen and oxygen atoms in total. The van der Waals surface area contributed by atoms with Crippen molar-refractivity contribution >= 4 is 69.5 Å². The average Bonchev–Trinajstić information content (AvgIpc) is 4.07. The predicted molar refractivity (Wildman–Crippen MR) is 282 cm³/mol. The van der Waals surface area contributed by atoms with Crippen LogP contribution in [0, 0.1) is 22.6 Å². The standard InChI is InChI=1S/C56H68Cl2FN9O7/c1-53(2)17-19-55(20-18-53)56(38-10-7-35(57)29-39(38)62-51(56)74)45(37-14-23-60-48(58)46(37)59)47(64(55)3)50(73)61-36-8-4-34(5-9-36)30-65-26-21-54(22-27-65)31-66(32-54)24-15-33-6-11-40-42(28-33)67(25-16-44(70)71)52(75)68(40)41-12-13-43(69)63-49(41)72/h6-7,10-11,14,23,28-29,34,36,41,45,47H,4-5,8-9,12-13,15-22,24-27,30-32H2,1-3H3,(H,61,73)(H,62,74)(H,70,71)(H,63,69,72)/t34?,36?,41?,45-,47+,56+/m0/s1. The number of nitrogens with one attached hydrogen (secondary N) is 3. The van der Waals surface area contributed by atoms with Crippen molar-refractivity contribution in [2.24, 2.45) is 16.7 Å². The highest BCUT2D eigenvalue weighted by Crippen LogP contribution is 2.67. The number of imide groups is 1. The Hall–Kier alpha value is -5.20. The van der Waals surface area contributed by atoms with E-state index in [2.05, 4.69) is 49.5 Å². The topological polar surface area (TPSA) is 191 Å². The highest BCUT2D eigenvalue weighted by atomic mass is 35.5. The number of hydrogen-bond acceptors (Lipinski definition) is 10. The average molecular weight is 1070 g/mol. The number of carboxylic acid groups (broad SMARTS) is 1. The summed E-state index contributed by atoms with van der Waals surface area (Å²) in [5, 5.41) is 18.5. The molecule has 4 saturated heterocycles. The Morgan fingerprint density at radius 3 is 2.31 bits per heavy atom. The second-order valence-electron chi connectivity index (χ2n) is 23.9. The van der Waals surface area contributed by atoms with Crippen LogP contribution >= 0.6 is 23.2 Å². The first kappa shape index (κ1) is 51.9. The molecule has 0 radical (unpaired) electrons. The Bertz CT molecular complexity index is 3020. The predicted octanol–water partition coefficient (Wildman–Crippen LogP) is 7.04. The summed E-state index contributed by atoms with van der Waals surface area (Å²) in [4.78, 5) is 91.3. The maximum Gasteiger partial charge on any atom is 0.329 e. The van der Waals surface area contributed by atoms with Crippen molar-refractivity contribution in [3.63, 3.8) is 0 Å². The maximum atomic E-state index is 16.6. The van der Waals surface area contributed by atoms with Crippen LogP contribution < -0.4 is 21.6 Å². The van der Waals surface area contributed by atoms with E-state index in [0.29, 0.717) is 45.9 Å². The number of halogens is 3. The zero-order valence-corrected chi connectivity index (χ0v) is 44.6. The summed E-state index contributed by atoms with van der Waals surface area (Å²) in [6, 6.07) is 11.0. The van der Waals surface area contributed by atoms with Crippen molar-refractivity contribution < 1.29 is 33.5 Å². The fraction of sp³-hybridized carbons (Fsp3) is 0.589. The number of aromatic nitrogens is 3. The number of piperidine rings is 2. The zero-order valence-electron chi connectivity index (χ0n) is 43.1. The molecular formula is C56H68Cl2FN9O7. The number of fused-ring (bicyclic) bond motifs is 4. The molecule has 3 spiro atoms. The van der Waals surface area contributed by atoms with Gasteiger partial charge in [-0.3, -0.25) is 43.3 Å². The summed E-state index contributed by atoms with van der Waals surface area (Å²) in [5.74, 6) is -3.47. The fourth-order valence-corrected chi connectivity index (χ4v) is 15.3. The molecule has 400 valence electrons. The summed E-state index contributed by atoms with van der Waals surface area (Å²) in [6.07, 6.45) is 11.2. The number of benzene rings is 2. The number of carbonyl (C=O) groups excluding carboxylic acids is 4. The second-order valence-corrected chi connectivity index (χ2v) is 24.7. The summed E-state index contributed by atoms with van der Waals surface area (Å²) < 4.78 is 19.4. The number of likely N-dealkylation sites (tertiary alicyclic amines) is 3. The van der Waals surface area contributed by atoms with E-state index in [4.69, 9.17) is 23.2 Å². The van der Waals surface area contributed by atoms with Gasteiger partial charge >= 0.3 is 11.7 Å². The van der Waals surface area contributed by atoms with Crippen LogP contribution in [0.25, 0.3) is 11.0 Å². The van der Waals surface area contributed by atoms with Gasteiger partial charge in [-0.05, 0) is 161 Å². The number of imidazole rings is 1. The van der Waals surface area contributed by atoms with Gasteiger partial charge in [0.25, 0.3) is 0 Å². The number of carbonyl (C=O) groups is 5. The SMILES string of the molecule is CN1[C@@H](C(=O)NC2CCC(CN3CCC4(CC3)CN(CCc3ccc5c(c3)n(CCC(=O)O)c(=O)n5C3CCC(=O)NC3=O)C4)CC2)[C@H](c2ccnc(Cl)c2F)[C@]2(C(=O)Nc3cc(Cl)ccc32)C12CCC(C)(C)CC2. The molecule has 2 saturated carbocycles. The lowest BCUT2D eigenvalue weighted by Crippen LogP contribution is -2.62. The monoisotopic (exact) mass is 1070 g/mol. The van der Waals surface area contributed by atoms with Crippen molar-refractivity contribution in [3.8, 4) is 0 Å². The van der Waals surface area contributed by atoms with Crippen LogP contribution in [0.15, 0.2) is 53.5 Å². The molecule has 75 heavy (non-hydrogen) atoms. The molecule has 5 aliphatic heterocycles. The largest absolute Gasteiger partial charge is 0.481 e. The minimum Gasteiger partial charge on any atom is -0.481 e. The molecule has 2 aliphatic carbocycles. The van der Waals surface area contributed by atoms with E-state index in [9.17, 15) is 24.3 Å². The van der Waals surface area contributed by atoms with Crippen molar-refractivity contribution in [1.29, 1.82) is 0 Å².